The van der Waals surface area contributed by atoms with E-state index < -0.39 is 24.3 Å². The molecule has 0 heterocycles. The molecule has 0 aliphatic rings. The number of carboxylic acids is 1. The topological polar surface area (TPSA) is 108 Å². The summed E-state index contributed by atoms with van der Waals surface area (Å²) in [4.78, 5) is 37.6. The second kappa shape index (κ2) is 69.6. The first kappa shape index (κ1) is 84.7. The third kappa shape index (κ3) is 71.0. The summed E-state index contributed by atoms with van der Waals surface area (Å²) in [7, 11) is 5.98. The van der Waals surface area contributed by atoms with Crippen molar-refractivity contribution in [2.45, 2.75) is 322 Å². The van der Waals surface area contributed by atoms with Gasteiger partial charge in [-0.25, -0.2) is 4.79 Å². The van der Waals surface area contributed by atoms with Crippen molar-refractivity contribution >= 4 is 17.9 Å². The minimum Gasteiger partial charge on any atom is -0.477 e. The molecule has 0 aromatic carbocycles. The molecule has 0 radical (unpaired) electrons. The van der Waals surface area contributed by atoms with E-state index in [2.05, 4.69) is 135 Å². The number of unbranched alkanes of at least 4 members (excludes halogenated alkanes) is 32. The van der Waals surface area contributed by atoms with Crippen molar-refractivity contribution in [3.8, 4) is 0 Å². The molecule has 9 heteroatoms. The summed E-state index contributed by atoms with van der Waals surface area (Å²) in [5, 5.41) is 9.75. The molecule has 0 aliphatic heterocycles. The van der Waals surface area contributed by atoms with Crippen LogP contribution in [0.3, 0.4) is 0 Å². The van der Waals surface area contributed by atoms with Crippen LogP contribution in [0.2, 0.25) is 0 Å². The van der Waals surface area contributed by atoms with Gasteiger partial charge in [-0.15, -0.1) is 0 Å². The van der Waals surface area contributed by atoms with E-state index in [-0.39, 0.29) is 32.2 Å². The third-order valence-electron chi connectivity index (χ3n) is 15.7. The van der Waals surface area contributed by atoms with Crippen LogP contribution in [0.25, 0.3) is 0 Å². The maximum Gasteiger partial charge on any atom is 0.361 e. The van der Waals surface area contributed by atoms with Gasteiger partial charge in [0.1, 0.15) is 13.2 Å². The minimum absolute atomic E-state index is 0.184. The predicted octanol–water partition coefficient (Wildman–Crippen LogP) is 23.1. The summed E-state index contributed by atoms with van der Waals surface area (Å²) >= 11 is 0. The Kier molecular flexibility index (Phi) is 66.2. The van der Waals surface area contributed by atoms with Gasteiger partial charge in [-0.05, 0) is 109 Å². The number of ether oxygens (including phenoxy) is 4. The van der Waals surface area contributed by atoms with E-state index in [1.54, 1.807) is 0 Å². The van der Waals surface area contributed by atoms with E-state index in [0.29, 0.717) is 17.4 Å². The maximum absolute atomic E-state index is 13.0. The predicted molar refractivity (Wildman–Crippen MR) is 382 cm³/mol. The van der Waals surface area contributed by atoms with Crippen LogP contribution in [0, 0.1) is 0 Å². The summed E-state index contributed by atoms with van der Waals surface area (Å²) in [6.07, 6.45) is 96.0. The molecule has 0 aromatic heterocycles. The summed E-state index contributed by atoms with van der Waals surface area (Å²) in [6, 6.07) is 0. The number of hydrogen-bond donors (Lipinski definition) is 1. The van der Waals surface area contributed by atoms with E-state index in [9.17, 15) is 19.5 Å². The zero-order chi connectivity index (χ0) is 64.7. The number of likely N-dealkylation sites (N-methyl/N-ethyl adjacent to an activating group) is 1. The zero-order valence-corrected chi connectivity index (χ0v) is 58.3. The molecule has 0 aromatic rings. The lowest BCUT2D eigenvalue weighted by atomic mass is 10.0. The average Bonchev–Trinajstić information content (AvgIpc) is 3.64. The quantitative estimate of drug-likeness (QED) is 0.0211. The average molecular weight is 1240 g/mol. The molecule has 9 nitrogen and oxygen atoms in total. The molecular weight excluding hydrogens is 1100 g/mol. The largest absolute Gasteiger partial charge is 0.477 e. The van der Waals surface area contributed by atoms with E-state index in [0.717, 1.165) is 96.3 Å². The Morgan fingerprint density at radius 3 is 0.955 bits per heavy atom. The summed E-state index contributed by atoms with van der Waals surface area (Å²) < 4.78 is 23.0. The van der Waals surface area contributed by atoms with Gasteiger partial charge in [-0.3, -0.25) is 9.59 Å². The van der Waals surface area contributed by atoms with Crippen LogP contribution in [0.15, 0.2) is 122 Å². The van der Waals surface area contributed by atoms with Gasteiger partial charge >= 0.3 is 17.9 Å². The van der Waals surface area contributed by atoms with E-state index in [1.807, 2.05) is 21.1 Å². The Morgan fingerprint density at radius 2 is 0.640 bits per heavy atom. The highest BCUT2D eigenvalue weighted by atomic mass is 16.7. The zero-order valence-electron chi connectivity index (χ0n) is 58.3. The fourth-order valence-electron chi connectivity index (χ4n) is 10.1. The van der Waals surface area contributed by atoms with Crippen molar-refractivity contribution in [1.82, 2.24) is 0 Å². The molecule has 0 spiro atoms. The Morgan fingerprint density at radius 1 is 0.348 bits per heavy atom. The van der Waals surface area contributed by atoms with E-state index in [4.69, 9.17) is 18.9 Å². The highest BCUT2D eigenvalue weighted by Crippen LogP contribution is 2.17. The number of esters is 2. The molecule has 0 bridgehead atoms. The fraction of sp³-hybridized carbons (Fsp3) is 0.713. The van der Waals surface area contributed by atoms with Crippen LogP contribution >= 0.6 is 0 Å². The lowest BCUT2D eigenvalue weighted by Crippen LogP contribution is -2.40. The maximum atomic E-state index is 13.0. The molecule has 0 amide bonds. The SMILES string of the molecule is CC/C=C\C/C=C\C/C=C\C/C=C\C/C=C\C/C=C\C/C=C\C/C=C\CCCCCCCCCCCCCCCCCCC(=O)OC(COC(=O)CCCCCCCCCCCCC/C=C\C/C=C\CCCCCCC)COC(OCC[N+](C)(C)C)C(=O)O. The number of allylic oxidation sites excluding steroid dienone is 20. The monoisotopic (exact) mass is 1240 g/mol. The lowest BCUT2D eigenvalue weighted by molar-refractivity contribution is -0.870. The number of nitrogens with zero attached hydrogens (tertiary/aromatic N) is 1. The summed E-state index contributed by atoms with van der Waals surface area (Å²) in [6.45, 7) is 4.77. The van der Waals surface area contributed by atoms with Crippen molar-refractivity contribution in [1.29, 1.82) is 0 Å². The molecular formula is C80H138NO8+. The third-order valence-corrected chi connectivity index (χ3v) is 15.7. The van der Waals surface area contributed by atoms with Crippen LogP contribution in [0.5, 0.6) is 0 Å². The van der Waals surface area contributed by atoms with Gasteiger partial charge in [0.2, 0.25) is 0 Å². The Bertz CT molecular complexity index is 1880. The highest BCUT2D eigenvalue weighted by molar-refractivity contribution is 5.71. The summed E-state index contributed by atoms with van der Waals surface area (Å²) in [5.74, 6) is -2.00. The van der Waals surface area contributed by atoms with Gasteiger partial charge < -0.3 is 28.5 Å². The van der Waals surface area contributed by atoms with Crippen molar-refractivity contribution in [2.75, 3.05) is 47.5 Å². The molecule has 2 atom stereocenters. The second-order valence-corrected chi connectivity index (χ2v) is 25.5. The first-order valence-electron chi connectivity index (χ1n) is 36.7. The number of quaternary nitrogens is 1. The van der Waals surface area contributed by atoms with Gasteiger partial charge in [-0.1, -0.05) is 309 Å². The fourth-order valence-corrected chi connectivity index (χ4v) is 10.1. The van der Waals surface area contributed by atoms with Gasteiger partial charge in [0.15, 0.2) is 6.10 Å². The van der Waals surface area contributed by atoms with Crippen molar-refractivity contribution in [3.05, 3.63) is 122 Å². The number of rotatable bonds is 67. The Labute approximate surface area is 548 Å². The molecule has 0 saturated carbocycles. The lowest BCUT2D eigenvalue weighted by Gasteiger charge is -2.25. The van der Waals surface area contributed by atoms with Crippen LogP contribution in [0.1, 0.15) is 309 Å². The standard InChI is InChI=1S/C80H137NO8/c1-6-8-10-12-14-16-18-20-22-24-26-28-30-31-32-33-34-35-36-37-38-39-40-41-42-43-44-45-46-47-49-51-53-55-57-59-61-63-65-67-69-71-78(83)89-76(75-88-80(79(84)85)86-73-72-81(3,4)5)74-87-77(82)70-68-66-64-62-60-58-56-54-52-50-48-29-27-25-23-21-19-17-15-13-11-9-7-2/h8,10,14,16,19-22,25-28,31-32,34-35,37-38,40-41,76,80H,6-7,9,11-13,15,17-18,23-24,29-30,33,36,39,42-75H2,1-5H3/p+1/b10-8-,16-14-,21-19-,22-20-,27-25-,28-26-,32-31-,35-34-,38-37-,41-40-. The highest BCUT2D eigenvalue weighted by Gasteiger charge is 2.25. The molecule has 0 fully saturated rings. The van der Waals surface area contributed by atoms with Gasteiger partial charge in [-0.2, -0.15) is 0 Å². The molecule has 0 aliphatic carbocycles. The van der Waals surface area contributed by atoms with Gasteiger partial charge in [0.25, 0.3) is 6.29 Å². The minimum atomic E-state index is -1.52. The van der Waals surface area contributed by atoms with Gasteiger partial charge in [0, 0.05) is 12.8 Å². The summed E-state index contributed by atoms with van der Waals surface area (Å²) in [5.41, 5.74) is 0. The smallest absolute Gasteiger partial charge is 0.361 e. The molecule has 0 rings (SSSR count). The first-order chi connectivity index (χ1) is 43.6. The number of carboxylic acid groups (broad SMARTS) is 1. The molecule has 510 valence electrons. The number of aliphatic carboxylic acids is 1. The second-order valence-electron chi connectivity index (χ2n) is 25.5. The van der Waals surface area contributed by atoms with Crippen LogP contribution in [-0.4, -0.2) is 87.4 Å². The Balaban J connectivity index is 4.06. The van der Waals surface area contributed by atoms with Crippen molar-refractivity contribution < 1.29 is 42.9 Å². The van der Waals surface area contributed by atoms with Crippen molar-refractivity contribution in [3.63, 3.8) is 0 Å². The van der Waals surface area contributed by atoms with Crippen LogP contribution < -0.4 is 0 Å². The number of carbonyl (C=O) groups is 3. The van der Waals surface area contributed by atoms with E-state index >= 15 is 0 Å². The molecule has 1 N–H and O–H groups in total. The number of carbonyl (C=O) groups excluding carboxylic acids is 2. The number of hydrogen-bond acceptors (Lipinski definition) is 7. The normalized spacial score (nSPS) is 13.4. The van der Waals surface area contributed by atoms with Gasteiger partial charge in [0.05, 0.1) is 34.4 Å². The molecule has 2 unspecified atom stereocenters. The van der Waals surface area contributed by atoms with Crippen molar-refractivity contribution in [2.24, 2.45) is 0 Å². The molecule has 0 saturated heterocycles. The van der Waals surface area contributed by atoms with Crippen LogP contribution in [0.4, 0.5) is 0 Å². The van der Waals surface area contributed by atoms with E-state index in [1.165, 1.54) is 186 Å². The molecule has 89 heavy (non-hydrogen) atoms. The Hall–Kier alpha value is -4.31. The van der Waals surface area contributed by atoms with Crippen LogP contribution in [-0.2, 0) is 33.3 Å². The first-order valence-corrected chi connectivity index (χ1v) is 36.7.